The normalized spacial score (nSPS) is 21.9. The van der Waals surface area contributed by atoms with Crippen LogP contribution in [0.5, 0.6) is 0 Å². The summed E-state index contributed by atoms with van der Waals surface area (Å²) in [7, 11) is 0. The molecule has 1 unspecified atom stereocenters. The van der Waals surface area contributed by atoms with Gasteiger partial charge >= 0.3 is 0 Å². The predicted molar refractivity (Wildman–Crippen MR) is 48.9 cm³/mol. The van der Waals surface area contributed by atoms with Gasteiger partial charge in [0.25, 0.3) is 5.91 Å². The van der Waals surface area contributed by atoms with Gasteiger partial charge in [-0.3, -0.25) is 10.1 Å². The zero-order valence-electron chi connectivity index (χ0n) is 7.27. The zero-order valence-corrected chi connectivity index (χ0v) is 8.08. The Hall–Kier alpha value is -1.12. The van der Waals surface area contributed by atoms with Crippen molar-refractivity contribution in [3.8, 4) is 0 Å². The number of morpholine rings is 1. The molecule has 1 aromatic rings. The molecular weight excluding hydrogens is 206 g/mol. The molecule has 7 nitrogen and oxygen atoms in total. The van der Waals surface area contributed by atoms with Gasteiger partial charge in [-0.1, -0.05) is 9.59 Å². The van der Waals surface area contributed by atoms with E-state index in [1.54, 1.807) is 0 Å². The van der Waals surface area contributed by atoms with Crippen molar-refractivity contribution in [3.05, 3.63) is 0 Å². The van der Waals surface area contributed by atoms with Crippen molar-refractivity contribution in [2.24, 2.45) is 0 Å². The van der Waals surface area contributed by atoms with Crippen LogP contribution < -0.4 is 10.6 Å². The van der Waals surface area contributed by atoms with E-state index in [2.05, 4.69) is 25.4 Å². The highest BCUT2D eigenvalue weighted by Crippen LogP contribution is 2.06. The molecule has 1 aromatic heterocycles. The molecule has 1 amide bonds. The van der Waals surface area contributed by atoms with Crippen LogP contribution in [0.4, 0.5) is 5.13 Å². The van der Waals surface area contributed by atoms with E-state index in [4.69, 9.17) is 4.74 Å². The SMILES string of the molecule is O=C(Nc1nnns1)C1CNCCO1. The van der Waals surface area contributed by atoms with Crippen molar-refractivity contribution >= 4 is 22.6 Å². The van der Waals surface area contributed by atoms with Crippen molar-refractivity contribution in [1.29, 1.82) is 0 Å². The minimum atomic E-state index is -0.451. The highest BCUT2D eigenvalue weighted by Gasteiger charge is 2.22. The summed E-state index contributed by atoms with van der Waals surface area (Å²) in [6.45, 7) is 1.86. The molecule has 0 bridgehead atoms. The van der Waals surface area contributed by atoms with Gasteiger partial charge in [0.2, 0.25) is 5.13 Å². The molecule has 2 heterocycles. The first-order valence-corrected chi connectivity index (χ1v) is 4.92. The number of aromatic nitrogens is 3. The van der Waals surface area contributed by atoms with Crippen molar-refractivity contribution < 1.29 is 9.53 Å². The van der Waals surface area contributed by atoms with E-state index in [9.17, 15) is 4.79 Å². The number of hydrogen-bond acceptors (Lipinski definition) is 7. The lowest BCUT2D eigenvalue weighted by atomic mass is 10.3. The largest absolute Gasteiger partial charge is 0.366 e. The van der Waals surface area contributed by atoms with Gasteiger partial charge in [0, 0.05) is 24.6 Å². The van der Waals surface area contributed by atoms with Crippen LogP contribution in [0.2, 0.25) is 0 Å². The number of hydrogen-bond donors (Lipinski definition) is 2. The number of carbonyl (C=O) groups excluding carboxylic acids is 1. The molecule has 1 fully saturated rings. The smallest absolute Gasteiger partial charge is 0.256 e. The Morgan fingerprint density at radius 3 is 3.29 bits per heavy atom. The summed E-state index contributed by atoms with van der Waals surface area (Å²) >= 11 is 1.04. The van der Waals surface area contributed by atoms with Crippen LogP contribution in [0.25, 0.3) is 0 Å². The maximum Gasteiger partial charge on any atom is 0.256 e. The first-order valence-electron chi connectivity index (χ1n) is 4.14. The van der Waals surface area contributed by atoms with E-state index < -0.39 is 6.10 Å². The predicted octanol–water partition coefficient (Wildman–Crippen LogP) is -1.14. The van der Waals surface area contributed by atoms with E-state index in [-0.39, 0.29) is 5.91 Å². The Bertz CT molecular complexity index is 297. The van der Waals surface area contributed by atoms with Gasteiger partial charge in [-0.05, 0) is 5.21 Å². The third-order valence-electron chi connectivity index (χ3n) is 1.75. The summed E-state index contributed by atoms with van der Waals surface area (Å²) < 4.78 is 8.78. The Morgan fingerprint density at radius 1 is 1.71 bits per heavy atom. The van der Waals surface area contributed by atoms with Gasteiger partial charge in [0.1, 0.15) is 6.10 Å². The second-order valence-corrected chi connectivity index (χ2v) is 3.45. The number of amides is 1. The van der Waals surface area contributed by atoms with Crippen LogP contribution in [0, 0.1) is 0 Å². The van der Waals surface area contributed by atoms with Crippen molar-refractivity contribution in [3.63, 3.8) is 0 Å². The molecule has 0 aliphatic carbocycles. The lowest BCUT2D eigenvalue weighted by Crippen LogP contribution is -2.45. The van der Waals surface area contributed by atoms with Crippen LogP contribution in [0.3, 0.4) is 0 Å². The van der Waals surface area contributed by atoms with Crippen molar-refractivity contribution in [2.45, 2.75) is 6.10 Å². The monoisotopic (exact) mass is 215 g/mol. The van der Waals surface area contributed by atoms with Gasteiger partial charge in [-0.2, -0.15) is 0 Å². The molecule has 0 saturated carbocycles. The molecule has 0 spiro atoms. The molecule has 76 valence electrons. The standard InChI is InChI=1S/C6H9N5O2S/c12-5(4-3-7-1-2-13-4)8-6-9-10-11-14-6/h4,7H,1-3H2,(H,8,9,11,12). The number of anilines is 1. The summed E-state index contributed by atoms with van der Waals surface area (Å²) in [4.78, 5) is 11.5. The van der Waals surface area contributed by atoms with Crippen LogP contribution >= 0.6 is 11.5 Å². The fourth-order valence-electron chi connectivity index (χ4n) is 1.10. The second-order valence-electron chi connectivity index (χ2n) is 2.72. The molecule has 14 heavy (non-hydrogen) atoms. The molecule has 0 radical (unpaired) electrons. The molecule has 2 rings (SSSR count). The highest BCUT2D eigenvalue weighted by molar-refractivity contribution is 7.09. The lowest BCUT2D eigenvalue weighted by Gasteiger charge is -2.21. The summed E-state index contributed by atoms with van der Waals surface area (Å²) in [5.41, 5.74) is 0. The number of nitrogens with zero attached hydrogens (tertiary/aromatic N) is 3. The lowest BCUT2D eigenvalue weighted by molar-refractivity contribution is -0.128. The van der Waals surface area contributed by atoms with Crippen molar-refractivity contribution in [2.75, 3.05) is 25.0 Å². The molecule has 1 aliphatic rings. The van der Waals surface area contributed by atoms with E-state index in [1.165, 1.54) is 0 Å². The zero-order chi connectivity index (χ0) is 9.80. The van der Waals surface area contributed by atoms with E-state index in [0.29, 0.717) is 18.3 Å². The first-order chi connectivity index (χ1) is 6.86. The van der Waals surface area contributed by atoms with E-state index in [1.807, 2.05) is 0 Å². The Kier molecular flexibility index (Phi) is 2.96. The van der Waals surface area contributed by atoms with Gasteiger partial charge in [-0.25, -0.2) is 0 Å². The maximum absolute atomic E-state index is 11.5. The molecule has 1 saturated heterocycles. The third-order valence-corrected chi connectivity index (χ3v) is 2.26. The van der Waals surface area contributed by atoms with E-state index in [0.717, 1.165) is 18.1 Å². The Morgan fingerprint density at radius 2 is 2.64 bits per heavy atom. The number of nitrogens with one attached hydrogen (secondary N) is 2. The molecule has 0 aromatic carbocycles. The maximum atomic E-state index is 11.5. The fraction of sp³-hybridized carbons (Fsp3) is 0.667. The van der Waals surface area contributed by atoms with Crippen LogP contribution in [0.1, 0.15) is 0 Å². The van der Waals surface area contributed by atoms with Gasteiger partial charge in [-0.15, -0.1) is 0 Å². The Labute approximate surface area is 84.0 Å². The summed E-state index contributed by atoms with van der Waals surface area (Å²) in [5, 5.41) is 13.0. The topological polar surface area (TPSA) is 89.0 Å². The molecule has 1 aliphatic heterocycles. The summed E-state index contributed by atoms with van der Waals surface area (Å²) in [6, 6.07) is 0. The molecular formula is C6H9N5O2S. The van der Waals surface area contributed by atoms with Crippen molar-refractivity contribution in [1.82, 2.24) is 20.1 Å². The third kappa shape index (κ3) is 2.22. The average molecular weight is 215 g/mol. The highest BCUT2D eigenvalue weighted by atomic mass is 32.1. The van der Waals surface area contributed by atoms with E-state index >= 15 is 0 Å². The van der Waals surface area contributed by atoms with Crippen LogP contribution in [0.15, 0.2) is 0 Å². The van der Waals surface area contributed by atoms with Crippen LogP contribution in [-0.2, 0) is 9.53 Å². The summed E-state index contributed by atoms with van der Waals surface area (Å²) in [5.74, 6) is -0.212. The van der Waals surface area contributed by atoms with Gasteiger partial charge < -0.3 is 10.1 Å². The van der Waals surface area contributed by atoms with Crippen LogP contribution in [-0.4, -0.2) is 46.5 Å². The average Bonchev–Trinajstić information content (AvgIpc) is 2.72. The van der Waals surface area contributed by atoms with Gasteiger partial charge in [0.05, 0.1) is 6.61 Å². The second kappa shape index (κ2) is 4.40. The fourth-order valence-corrected chi connectivity index (χ4v) is 1.47. The first kappa shape index (κ1) is 9.44. The quantitative estimate of drug-likeness (QED) is 0.648. The molecule has 1 atom stereocenters. The Balaban J connectivity index is 1.88. The minimum Gasteiger partial charge on any atom is -0.366 e. The molecule has 8 heteroatoms. The number of rotatable bonds is 2. The molecule has 2 N–H and O–H groups in total. The minimum absolute atomic E-state index is 0.212. The number of carbonyl (C=O) groups is 1. The number of ether oxygens (including phenoxy) is 1. The summed E-state index contributed by atoms with van der Waals surface area (Å²) in [6.07, 6.45) is -0.451. The van der Waals surface area contributed by atoms with Gasteiger partial charge in [0.15, 0.2) is 0 Å².